The van der Waals surface area contributed by atoms with E-state index in [2.05, 4.69) is 50.3 Å². The van der Waals surface area contributed by atoms with Crippen LogP contribution < -0.4 is 0 Å². The largest absolute Gasteiger partial charge is 0.472 e. The summed E-state index contributed by atoms with van der Waals surface area (Å²) in [5.74, 6) is -0.492. The van der Waals surface area contributed by atoms with E-state index < -0.39 is 63.1 Å². The summed E-state index contributed by atoms with van der Waals surface area (Å²) in [4.78, 5) is 23.1. The molecule has 0 spiro atoms. The standard InChI is InChI=1S/C46H85O12P/c1-3-5-7-9-11-13-15-17-19-20-21-22-24-26-28-30-32-34-36-55-37-39(38-56-59(53,54)58-46-44(51)42(49)41(48)43(50)45(46)52)57-40(47)35-33-31-29-27-25-23-18-16-14-12-10-8-6-4-2/h10,12,16-19,39,41-46,48-52H,3-9,11,13-15,20-38H2,1-2H3,(H,53,54)/b12-10-,18-16-,19-17-. The molecule has 0 aromatic heterocycles. The van der Waals surface area contributed by atoms with Crippen LogP contribution in [0.4, 0.5) is 0 Å². The van der Waals surface area contributed by atoms with Crippen LogP contribution in [-0.4, -0.2) is 98.9 Å². The second kappa shape index (κ2) is 37.1. The highest BCUT2D eigenvalue weighted by molar-refractivity contribution is 7.47. The third-order valence-corrected chi connectivity index (χ3v) is 11.7. The van der Waals surface area contributed by atoms with Crippen LogP contribution in [0, 0.1) is 0 Å². The van der Waals surface area contributed by atoms with E-state index in [1.165, 1.54) is 96.3 Å². The van der Waals surface area contributed by atoms with E-state index >= 15 is 0 Å². The van der Waals surface area contributed by atoms with Crippen molar-refractivity contribution in [3.63, 3.8) is 0 Å². The van der Waals surface area contributed by atoms with Crippen LogP contribution in [0.2, 0.25) is 0 Å². The lowest BCUT2D eigenvalue weighted by molar-refractivity contribution is -0.220. The van der Waals surface area contributed by atoms with Crippen molar-refractivity contribution in [1.29, 1.82) is 0 Å². The summed E-state index contributed by atoms with van der Waals surface area (Å²) >= 11 is 0. The van der Waals surface area contributed by atoms with Gasteiger partial charge in [-0.2, -0.15) is 0 Å². The Kier molecular flexibility index (Phi) is 35.0. The zero-order valence-electron chi connectivity index (χ0n) is 36.8. The molecule has 0 saturated heterocycles. The van der Waals surface area contributed by atoms with Gasteiger partial charge in [-0.3, -0.25) is 13.8 Å². The van der Waals surface area contributed by atoms with Gasteiger partial charge in [0.15, 0.2) is 0 Å². The SMILES string of the molecule is CCCC/C=C\C/C=C\CCCCCCCC(=O)OC(COCCCCCCCCCC/C=C\CCCCCCCC)COP(=O)(O)OC1C(O)C(O)C(O)C(O)C1O. The maximum Gasteiger partial charge on any atom is 0.472 e. The molecule has 1 rings (SSSR count). The van der Waals surface area contributed by atoms with Crippen LogP contribution in [0.15, 0.2) is 36.5 Å². The molecule has 0 radical (unpaired) electrons. The fourth-order valence-electron chi connectivity index (χ4n) is 6.95. The van der Waals surface area contributed by atoms with Crippen molar-refractivity contribution in [2.24, 2.45) is 0 Å². The number of carbonyl (C=O) groups is 1. The summed E-state index contributed by atoms with van der Waals surface area (Å²) in [6.45, 7) is 4.19. The third kappa shape index (κ3) is 29.5. The molecular formula is C46H85O12P. The number of hydrogen-bond donors (Lipinski definition) is 6. The molecule has 1 fully saturated rings. The maximum absolute atomic E-state index is 12.8. The van der Waals surface area contributed by atoms with Crippen LogP contribution in [-0.2, 0) is 27.9 Å². The van der Waals surface area contributed by atoms with Gasteiger partial charge in [-0.15, -0.1) is 0 Å². The van der Waals surface area contributed by atoms with Crippen LogP contribution in [0.5, 0.6) is 0 Å². The molecule has 6 unspecified atom stereocenters. The van der Waals surface area contributed by atoms with E-state index in [0.29, 0.717) is 13.0 Å². The summed E-state index contributed by atoms with van der Waals surface area (Å²) in [6, 6.07) is 0. The molecule has 0 aliphatic heterocycles. The Morgan fingerprint density at radius 2 is 0.966 bits per heavy atom. The third-order valence-electron chi connectivity index (χ3n) is 10.7. The van der Waals surface area contributed by atoms with Crippen molar-refractivity contribution in [2.75, 3.05) is 19.8 Å². The van der Waals surface area contributed by atoms with E-state index in [-0.39, 0.29) is 13.0 Å². The monoisotopic (exact) mass is 861 g/mol. The molecule has 0 aromatic rings. The molecule has 6 atom stereocenters. The number of hydrogen-bond acceptors (Lipinski definition) is 11. The van der Waals surface area contributed by atoms with Crippen molar-refractivity contribution in [2.45, 2.75) is 230 Å². The summed E-state index contributed by atoms with van der Waals surface area (Å²) in [6.07, 6.45) is 30.7. The molecule has 1 saturated carbocycles. The first-order chi connectivity index (χ1) is 28.5. The zero-order chi connectivity index (χ0) is 43.4. The van der Waals surface area contributed by atoms with Gasteiger partial charge in [0.2, 0.25) is 0 Å². The number of aliphatic hydroxyl groups is 5. The van der Waals surface area contributed by atoms with Crippen molar-refractivity contribution >= 4 is 13.8 Å². The zero-order valence-corrected chi connectivity index (χ0v) is 37.7. The van der Waals surface area contributed by atoms with E-state index in [9.17, 15) is 39.8 Å². The number of esters is 1. The second-order valence-electron chi connectivity index (χ2n) is 16.2. The predicted octanol–water partition coefficient (Wildman–Crippen LogP) is 9.48. The van der Waals surface area contributed by atoms with Crippen molar-refractivity contribution < 1.29 is 58.3 Å². The Morgan fingerprint density at radius 1 is 0.542 bits per heavy atom. The molecule has 12 nitrogen and oxygen atoms in total. The number of phosphoric ester groups is 1. The van der Waals surface area contributed by atoms with Crippen LogP contribution in [0.1, 0.15) is 187 Å². The van der Waals surface area contributed by atoms with E-state index in [4.69, 9.17) is 18.5 Å². The minimum atomic E-state index is -5.02. The summed E-state index contributed by atoms with van der Waals surface area (Å²) in [5.41, 5.74) is 0. The highest BCUT2D eigenvalue weighted by atomic mass is 31.2. The molecule has 59 heavy (non-hydrogen) atoms. The second-order valence-corrected chi connectivity index (χ2v) is 17.7. The quantitative estimate of drug-likeness (QED) is 0.0149. The minimum Gasteiger partial charge on any atom is -0.457 e. The Morgan fingerprint density at radius 3 is 1.49 bits per heavy atom. The van der Waals surface area contributed by atoms with Crippen LogP contribution in [0.25, 0.3) is 0 Å². The van der Waals surface area contributed by atoms with Gasteiger partial charge in [0, 0.05) is 13.0 Å². The van der Waals surface area contributed by atoms with E-state index in [1.807, 2.05) is 0 Å². The van der Waals surface area contributed by atoms with Crippen molar-refractivity contribution in [3.8, 4) is 0 Å². The Hall–Kier alpha value is -1.44. The van der Waals surface area contributed by atoms with Crippen molar-refractivity contribution in [3.05, 3.63) is 36.5 Å². The van der Waals surface area contributed by atoms with Gasteiger partial charge in [-0.05, 0) is 64.2 Å². The molecule has 1 aliphatic rings. The molecule has 1 aliphatic carbocycles. The van der Waals surface area contributed by atoms with Crippen molar-refractivity contribution in [1.82, 2.24) is 0 Å². The number of unbranched alkanes of at least 4 members (excludes halogenated alkanes) is 21. The highest BCUT2D eigenvalue weighted by Crippen LogP contribution is 2.47. The Balaban J connectivity index is 2.39. The first kappa shape index (κ1) is 55.6. The van der Waals surface area contributed by atoms with E-state index in [0.717, 1.165) is 64.2 Å². The predicted molar refractivity (Wildman–Crippen MR) is 235 cm³/mol. The Labute approximate surface area is 357 Å². The van der Waals surface area contributed by atoms with Gasteiger partial charge in [-0.1, -0.05) is 153 Å². The minimum absolute atomic E-state index is 0.0838. The van der Waals surface area contributed by atoms with Gasteiger partial charge in [0.1, 0.15) is 42.7 Å². The van der Waals surface area contributed by atoms with Gasteiger partial charge in [0.05, 0.1) is 13.2 Å². The first-order valence-corrected chi connectivity index (χ1v) is 24.8. The number of rotatable bonds is 39. The lowest BCUT2D eigenvalue weighted by Crippen LogP contribution is -2.64. The lowest BCUT2D eigenvalue weighted by Gasteiger charge is -2.41. The fraction of sp³-hybridized carbons (Fsp3) is 0.848. The average molecular weight is 861 g/mol. The molecule has 0 bridgehead atoms. The molecule has 0 amide bonds. The van der Waals surface area contributed by atoms with Crippen LogP contribution >= 0.6 is 7.82 Å². The van der Waals surface area contributed by atoms with E-state index in [1.54, 1.807) is 0 Å². The maximum atomic E-state index is 12.8. The normalized spacial score (nSPS) is 22.8. The lowest BCUT2D eigenvalue weighted by atomic mass is 9.85. The van der Waals surface area contributed by atoms with Gasteiger partial charge in [0.25, 0.3) is 0 Å². The van der Waals surface area contributed by atoms with Gasteiger partial charge < -0.3 is 39.9 Å². The number of phosphoric acid groups is 1. The molecule has 346 valence electrons. The molecule has 6 N–H and O–H groups in total. The topological polar surface area (TPSA) is 192 Å². The highest BCUT2D eigenvalue weighted by Gasteiger charge is 2.51. The molecule has 0 heterocycles. The number of ether oxygens (including phenoxy) is 2. The first-order valence-electron chi connectivity index (χ1n) is 23.3. The number of aliphatic hydroxyl groups excluding tert-OH is 5. The average Bonchev–Trinajstić information content (AvgIpc) is 3.22. The smallest absolute Gasteiger partial charge is 0.457 e. The molecular weight excluding hydrogens is 775 g/mol. The summed E-state index contributed by atoms with van der Waals surface area (Å²) in [5, 5.41) is 50.2. The van der Waals surface area contributed by atoms with Crippen LogP contribution in [0.3, 0.4) is 0 Å². The number of allylic oxidation sites excluding steroid dienone is 6. The molecule has 13 heteroatoms. The number of carbonyl (C=O) groups excluding carboxylic acids is 1. The summed E-state index contributed by atoms with van der Waals surface area (Å²) < 4.78 is 34.2. The fourth-order valence-corrected chi connectivity index (χ4v) is 7.93. The molecule has 0 aromatic carbocycles. The van der Waals surface area contributed by atoms with Gasteiger partial charge in [-0.25, -0.2) is 4.57 Å². The Bertz CT molecular complexity index is 1120. The summed E-state index contributed by atoms with van der Waals surface area (Å²) in [7, 11) is -5.02. The van der Waals surface area contributed by atoms with Gasteiger partial charge >= 0.3 is 13.8 Å².